The van der Waals surface area contributed by atoms with Gasteiger partial charge < -0.3 is 4.74 Å². The molecule has 0 heterocycles. The van der Waals surface area contributed by atoms with Gasteiger partial charge in [0.05, 0.1) is 0 Å². The maximum absolute atomic E-state index is 13.5. The van der Waals surface area contributed by atoms with E-state index in [4.69, 9.17) is 4.55 Å². The molecular formula is C15H11F5IO4S+. The minimum atomic E-state index is -6.33. The van der Waals surface area contributed by atoms with Gasteiger partial charge in [0.2, 0.25) is 0 Å². The summed E-state index contributed by atoms with van der Waals surface area (Å²) in [5, 5.41) is -5.55. The molecule has 0 aliphatic rings. The van der Waals surface area contributed by atoms with Gasteiger partial charge in [0, 0.05) is 0 Å². The molecule has 0 aliphatic carbocycles. The lowest BCUT2D eigenvalue weighted by Crippen LogP contribution is -3.61. The van der Waals surface area contributed by atoms with Crippen molar-refractivity contribution < 1.29 is 60.9 Å². The highest BCUT2D eigenvalue weighted by atomic mass is 127. The second-order valence-electron chi connectivity index (χ2n) is 4.92. The summed E-state index contributed by atoms with van der Waals surface area (Å²) in [6.45, 7) is 0. The predicted octanol–water partition coefficient (Wildman–Crippen LogP) is 0.605. The van der Waals surface area contributed by atoms with Crippen LogP contribution in [0.1, 0.15) is 0 Å². The van der Waals surface area contributed by atoms with Crippen LogP contribution in [-0.4, -0.2) is 30.5 Å². The number of benzene rings is 2. The van der Waals surface area contributed by atoms with E-state index < -0.39 is 54.6 Å². The molecule has 0 spiro atoms. The molecule has 4 nitrogen and oxygen atoms in total. The van der Waals surface area contributed by atoms with Crippen molar-refractivity contribution >= 4 is 10.1 Å². The van der Waals surface area contributed by atoms with Crippen molar-refractivity contribution in [2.45, 2.75) is 17.5 Å². The molecule has 142 valence electrons. The third-order valence-corrected chi connectivity index (χ3v) is 6.55. The van der Waals surface area contributed by atoms with Crippen LogP contribution in [0, 0.1) is 7.14 Å². The molecule has 0 saturated carbocycles. The first-order valence-corrected chi connectivity index (χ1v) is 10.4. The summed E-state index contributed by atoms with van der Waals surface area (Å²) in [5.74, 6) is -0.600. The van der Waals surface area contributed by atoms with Crippen LogP contribution in [0.25, 0.3) is 0 Å². The molecule has 26 heavy (non-hydrogen) atoms. The topological polar surface area (TPSA) is 63.6 Å². The summed E-state index contributed by atoms with van der Waals surface area (Å²) in [5.41, 5.74) is 0. The Hall–Kier alpha value is -1.47. The Balaban J connectivity index is 2.22. The maximum atomic E-state index is 13.5. The molecule has 2 aromatic carbocycles. The predicted molar refractivity (Wildman–Crippen MR) is 77.2 cm³/mol. The molecule has 0 fully saturated rings. The van der Waals surface area contributed by atoms with Crippen molar-refractivity contribution in [2.24, 2.45) is 0 Å². The van der Waals surface area contributed by atoms with Gasteiger partial charge in [0.25, 0.3) is 6.10 Å². The number of hydrogen-bond acceptors (Lipinski definition) is 3. The van der Waals surface area contributed by atoms with Crippen LogP contribution in [0.2, 0.25) is 0 Å². The second-order valence-corrected chi connectivity index (χ2v) is 9.45. The van der Waals surface area contributed by atoms with E-state index in [0.29, 0.717) is 0 Å². The second kappa shape index (κ2) is 7.64. The van der Waals surface area contributed by atoms with E-state index in [-0.39, 0.29) is 0 Å². The first kappa shape index (κ1) is 20.8. The Kier molecular flexibility index (Phi) is 6.13. The normalized spacial score (nSPS) is 14.1. The van der Waals surface area contributed by atoms with Crippen LogP contribution in [0.5, 0.6) is 5.75 Å². The molecule has 1 N–H and O–H groups in total. The maximum Gasteiger partial charge on any atom is 0.432 e. The number of halogens is 6. The average molecular weight is 509 g/mol. The van der Waals surface area contributed by atoms with E-state index in [9.17, 15) is 30.4 Å². The Morgan fingerprint density at radius 2 is 1.38 bits per heavy atom. The zero-order chi connectivity index (χ0) is 19.6. The first-order chi connectivity index (χ1) is 11.9. The average Bonchev–Trinajstić information content (AvgIpc) is 2.52. The van der Waals surface area contributed by atoms with E-state index in [1.165, 1.54) is 12.1 Å². The fraction of sp³-hybridized carbons (Fsp3) is 0.200. The minimum absolute atomic E-state index is 0.600. The van der Waals surface area contributed by atoms with Crippen LogP contribution in [0.3, 0.4) is 0 Å². The molecule has 0 aliphatic heterocycles. The van der Waals surface area contributed by atoms with E-state index in [1.54, 1.807) is 0 Å². The number of hydrogen-bond donors (Lipinski definition) is 1. The van der Waals surface area contributed by atoms with Gasteiger partial charge in [0.1, 0.15) is 5.75 Å². The standard InChI is InChI=1S/C15H10F5IO4S/c16-14(17,18)13(15(19,20)26(22,23)24)25-12-8-6-11(7-9-12)21-10-4-2-1-3-5-10/h1-9,13H/p+1. The molecule has 0 bridgehead atoms. The van der Waals surface area contributed by atoms with Gasteiger partial charge in [-0.25, -0.2) is 0 Å². The first-order valence-electron chi connectivity index (χ1n) is 6.79. The van der Waals surface area contributed by atoms with Gasteiger partial charge >= 0.3 is 42.8 Å². The Morgan fingerprint density at radius 1 is 0.885 bits per heavy atom. The summed E-state index contributed by atoms with van der Waals surface area (Å²) < 4.78 is 101. The Bertz CT molecular complexity index is 839. The largest absolute Gasteiger partial charge is 0.473 e. The highest BCUT2D eigenvalue weighted by Crippen LogP contribution is 2.38. The summed E-state index contributed by atoms with van der Waals surface area (Å²) in [7, 11) is -6.33. The van der Waals surface area contributed by atoms with Crippen LogP contribution < -0.4 is 25.9 Å². The lowest BCUT2D eigenvalue weighted by Gasteiger charge is -2.26. The van der Waals surface area contributed by atoms with Crippen molar-refractivity contribution in [3.63, 3.8) is 0 Å². The fourth-order valence-electron chi connectivity index (χ4n) is 1.78. The molecule has 1 unspecified atom stereocenters. The summed E-state index contributed by atoms with van der Waals surface area (Å²) in [6.07, 6.45) is -9.77. The van der Waals surface area contributed by atoms with E-state index in [1.807, 2.05) is 30.3 Å². The fourth-order valence-corrected chi connectivity index (χ4v) is 4.44. The van der Waals surface area contributed by atoms with Crippen LogP contribution in [-0.2, 0) is 10.1 Å². The molecule has 0 saturated heterocycles. The monoisotopic (exact) mass is 509 g/mol. The summed E-state index contributed by atoms with van der Waals surface area (Å²) in [6, 6.07) is 14.2. The van der Waals surface area contributed by atoms with Crippen molar-refractivity contribution in [3.8, 4) is 5.75 Å². The molecule has 2 aromatic rings. The molecule has 0 aromatic heterocycles. The van der Waals surface area contributed by atoms with Gasteiger partial charge in [0.15, 0.2) is 7.14 Å². The molecule has 11 heteroatoms. The molecule has 0 radical (unpaired) electrons. The highest BCUT2D eigenvalue weighted by molar-refractivity contribution is 7.86. The van der Waals surface area contributed by atoms with Crippen LogP contribution in [0.15, 0.2) is 54.6 Å². The highest BCUT2D eigenvalue weighted by Gasteiger charge is 2.65. The summed E-state index contributed by atoms with van der Waals surface area (Å²) in [4.78, 5) is 0. The van der Waals surface area contributed by atoms with Gasteiger partial charge in [-0.1, -0.05) is 18.2 Å². The van der Waals surface area contributed by atoms with Crippen LogP contribution in [0.4, 0.5) is 22.0 Å². The lowest BCUT2D eigenvalue weighted by atomic mass is 10.3. The zero-order valence-electron chi connectivity index (χ0n) is 12.6. The van der Waals surface area contributed by atoms with E-state index in [2.05, 4.69) is 4.74 Å². The van der Waals surface area contributed by atoms with Crippen LogP contribution >= 0.6 is 0 Å². The SMILES string of the molecule is O=S(=O)(O)C(F)(F)C(Oc1ccc([I+]c2ccccc2)cc1)C(F)(F)F. The van der Waals surface area contributed by atoms with Crippen molar-refractivity contribution in [2.75, 3.05) is 0 Å². The molecule has 1 atom stereocenters. The third kappa shape index (κ3) is 5.04. The zero-order valence-corrected chi connectivity index (χ0v) is 15.6. The van der Waals surface area contributed by atoms with Crippen molar-refractivity contribution in [1.29, 1.82) is 0 Å². The molecule has 0 amide bonds. The Morgan fingerprint density at radius 3 is 1.85 bits per heavy atom. The van der Waals surface area contributed by atoms with E-state index in [0.717, 1.165) is 19.3 Å². The quantitative estimate of drug-likeness (QED) is 0.353. The van der Waals surface area contributed by atoms with Gasteiger partial charge in [-0.05, 0) is 36.4 Å². The molecule has 2 rings (SSSR count). The van der Waals surface area contributed by atoms with Gasteiger partial charge in [-0.2, -0.15) is 30.4 Å². The summed E-state index contributed by atoms with van der Waals surface area (Å²) >= 11 is -0.632. The third-order valence-electron chi connectivity index (χ3n) is 2.97. The van der Waals surface area contributed by atoms with Crippen molar-refractivity contribution in [3.05, 3.63) is 61.7 Å². The van der Waals surface area contributed by atoms with Gasteiger partial charge in [-0.3, -0.25) is 4.55 Å². The van der Waals surface area contributed by atoms with E-state index >= 15 is 0 Å². The number of ether oxygens (including phenoxy) is 1. The minimum Gasteiger partial charge on any atom is -0.473 e. The molecular weight excluding hydrogens is 498 g/mol. The van der Waals surface area contributed by atoms with Gasteiger partial charge in [-0.15, -0.1) is 0 Å². The Labute approximate surface area is 156 Å². The van der Waals surface area contributed by atoms with Crippen molar-refractivity contribution in [1.82, 2.24) is 0 Å². The number of alkyl halides is 5. The smallest absolute Gasteiger partial charge is 0.432 e. The number of rotatable bonds is 6. The lowest BCUT2D eigenvalue weighted by molar-refractivity contribution is -0.597.